The fraction of sp³-hybridized carbons (Fsp3) is 0.167. The van der Waals surface area contributed by atoms with E-state index in [0.717, 1.165) is 6.29 Å². The van der Waals surface area contributed by atoms with Crippen molar-refractivity contribution in [3.05, 3.63) is 35.4 Å². The fourth-order valence-electron chi connectivity index (χ4n) is 1.16. The van der Waals surface area contributed by atoms with Crippen molar-refractivity contribution < 1.29 is 19.1 Å². The van der Waals surface area contributed by atoms with Crippen LogP contribution in [0.4, 0.5) is 0 Å². The van der Waals surface area contributed by atoms with Crippen LogP contribution in [0, 0.1) is 0 Å². The summed E-state index contributed by atoms with van der Waals surface area (Å²) < 4.78 is 9.56. The Morgan fingerprint density at radius 1 is 1.31 bits per heavy atom. The first-order chi connectivity index (χ1) is 7.71. The van der Waals surface area contributed by atoms with Gasteiger partial charge in [-0.15, -0.1) is 0 Å². The summed E-state index contributed by atoms with van der Waals surface area (Å²) in [6.07, 6.45) is 3.59. The molecule has 4 nitrogen and oxygen atoms in total. The minimum Gasteiger partial charge on any atom is -0.496 e. The minimum absolute atomic E-state index is 0.443. The normalized spacial score (nSPS) is 10.1. The Kier molecular flexibility index (Phi) is 4.27. The van der Waals surface area contributed by atoms with Crippen LogP contribution in [0.2, 0.25) is 0 Å². The third-order valence-corrected chi connectivity index (χ3v) is 1.99. The first-order valence-electron chi connectivity index (χ1n) is 4.60. The maximum absolute atomic E-state index is 10.9. The van der Waals surface area contributed by atoms with Gasteiger partial charge in [-0.3, -0.25) is 4.79 Å². The standard InChI is InChI=1S/C12H12O4/c1-15-11-7-9(8-13)3-4-10(11)5-6-12(14)16-2/h3-8H,1-2H3/b6-5+. The monoisotopic (exact) mass is 220 g/mol. The lowest BCUT2D eigenvalue weighted by molar-refractivity contribution is -0.134. The Morgan fingerprint density at radius 3 is 2.62 bits per heavy atom. The average Bonchev–Trinajstić information content (AvgIpc) is 2.35. The van der Waals surface area contributed by atoms with Crippen molar-refractivity contribution in [1.29, 1.82) is 0 Å². The van der Waals surface area contributed by atoms with Crippen molar-refractivity contribution in [3.8, 4) is 5.75 Å². The quantitative estimate of drug-likeness (QED) is 0.440. The lowest BCUT2D eigenvalue weighted by Crippen LogP contribution is -1.94. The average molecular weight is 220 g/mol. The van der Waals surface area contributed by atoms with Crippen LogP contribution >= 0.6 is 0 Å². The molecule has 0 aromatic heterocycles. The smallest absolute Gasteiger partial charge is 0.330 e. The van der Waals surface area contributed by atoms with Crippen LogP contribution in [0.5, 0.6) is 5.75 Å². The van der Waals surface area contributed by atoms with Gasteiger partial charge >= 0.3 is 5.97 Å². The summed E-state index contributed by atoms with van der Waals surface area (Å²) in [5, 5.41) is 0. The molecule has 16 heavy (non-hydrogen) atoms. The highest BCUT2D eigenvalue weighted by atomic mass is 16.5. The molecule has 0 saturated carbocycles. The van der Waals surface area contributed by atoms with Crippen LogP contribution in [0.3, 0.4) is 0 Å². The zero-order chi connectivity index (χ0) is 12.0. The van der Waals surface area contributed by atoms with Gasteiger partial charge in [-0.05, 0) is 12.1 Å². The summed E-state index contributed by atoms with van der Waals surface area (Å²) >= 11 is 0. The Hall–Kier alpha value is -2.10. The molecule has 0 bridgehead atoms. The first-order valence-corrected chi connectivity index (χ1v) is 4.60. The largest absolute Gasteiger partial charge is 0.496 e. The van der Waals surface area contributed by atoms with Gasteiger partial charge in [-0.1, -0.05) is 12.1 Å². The van der Waals surface area contributed by atoms with Crippen LogP contribution in [-0.4, -0.2) is 26.5 Å². The molecule has 0 aliphatic rings. The summed E-state index contributed by atoms with van der Waals surface area (Å²) in [7, 11) is 2.80. The van der Waals surface area contributed by atoms with Gasteiger partial charge in [0.25, 0.3) is 0 Å². The molecule has 0 fully saturated rings. The number of esters is 1. The Morgan fingerprint density at radius 2 is 2.06 bits per heavy atom. The molecule has 0 aliphatic heterocycles. The molecular weight excluding hydrogens is 208 g/mol. The zero-order valence-corrected chi connectivity index (χ0v) is 9.10. The van der Waals surface area contributed by atoms with Crippen LogP contribution in [-0.2, 0) is 9.53 Å². The van der Waals surface area contributed by atoms with E-state index >= 15 is 0 Å². The Labute approximate surface area is 93.5 Å². The van der Waals surface area contributed by atoms with E-state index in [2.05, 4.69) is 4.74 Å². The van der Waals surface area contributed by atoms with E-state index in [-0.39, 0.29) is 0 Å². The summed E-state index contributed by atoms with van der Waals surface area (Å²) in [5.41, 5.74) is 1.23. The Bertz CT molecular complexity index is 421. The van der Waals surface area contributed by atoms with E-state index in [1.54, 1.807) is 24.3 Å². The van der Waals surface area contributed by atoms with Gasteiger partial charge in [0.2, 0.25) is 0 Å². The maximum atomic E-state index is 10.9. The zero-order valence-electron chi connectivity index (χ0n) is 9.10. The van der Waals surface area contributed by atoms with Gasteiger partial charge in [0, 0.05) is 17.2 Å². The van der Waals surface area contributed by atoms with Gasteiger partial charge in [-0.2, -0.15) is 0 Å². The fourth-order valence-corrected chi connectivity index (χ4v) is 1.16. The highest BCUT2D eigenvalue weighted by Gasteiger charge is 2.02. The van der Waals surface area contributed by atoms with Crippen molar-refractivity contribution in [3.63, 3.8) is 0 Å². The summed E-state index contributed by atoms with van der Waals surface area (Å²) in [6.45, 7) is 0. The molecule has 1 aromatic carbocycles. The van der Waals surface area contributed by atoms with Crippen molar-refractivity contribution in [2.75, 3.05) is 14.2 Å². The molecule has 0 spiro atoms. The van der Waals surface area contributed by atoms with Crippen LogP contribution in [0.1, 0.15) is 15.9 Å². The van der Waals surface area contributed by atoms with Gasteiger partial charge in [0.1, 0.15) is 12.0 Å². The molecule has 0 N–H and O–H groups in total. The number of benzene rings is 1. The number of carbonyl (C=O) groups is 2. The Balaban J connectivity index is 3.00. The highest BCUT2D eigenvalue weighted by Crippen LogP contribution is 2.20. The number of aldehydes is 1. The van der Waals surface area contributed by atoms with Crippen molar-refractivity contribution in [2.45, 2.75) is 0 Å². The van der Waals surface area contributed by atoms with Crippen molar-refractivity contribution >= 4 is 18.3 Å². The topological polar surface area (TPSA) is 52.6 Å². The molecule has 84 valence electrons. The summed E-state index contributed by atoms with van der Waals surface area (Å²) in [6, 6.07) is 4.94. The molecule has 0 atom stereocenters. The number of hydrogen-bond donors (Lipinski definition) is 0. The molecule has 1 aromatic rings. The minimum atomic E-state index is -0.443. The van der Waals surface area contributed by atoms with E-state index in [1.807, 2.05) is 0 Å². The SMILES string of the molecule is COC(=O)/C=C/c1ccc(C=O)cc1OC. The maximum Gasteiger partial charge on any atom is 0.330 e. The van der Waals surface area contributed by atoms with Gasteiger partial charge in [-0.25, -0.2) is 4.79 Å². The van der Waals surface area contributed by atoms with E-state index in [0.29, 0.717) is 16.9 Å². The second kappa shape index (κ2) is 5.70. The van der Waals surface area contributed by atoms with Crippen molar-refractivity contribution in [1.82, 2.24) is 0 Å². The number of hydrogen-bond acceptors (Lipinski definition) is 4. The second-order valence-corrected chi connectivity index (χ2v) is 2.98. The predicted molar refractivity (Wildman–Crippen MR) is 59.4 cm³/mol. The molecular formula is C12H12O4. The summed E-state index contributed by atoms with van der Waals surface area (Å²) in [4.78, 5) is 21.5. The predicted octanol–water partition coefficient (Wildman–Crippen LogP) is 1.69. The molecule has 0 aliphatic carbocycles. The number of methoxy groups -OCH3 is 2. The molecule has 0 heterocycles. The molecule has 1 rings (SSSR count). The highest BCUT2D eigenvalue weighted by molar-refractivity contribution is 5.88. The third kappa shape index (κ3) is 2.95. The lowest BCUT2D eigenvalue weighted by Gasteiger charge is -2.04. The number of rotatable bonds is 4. The van der Waals surface area contributed by atoms with Crippen molar-refractivity contribution in [2.24, 2.45) is 0 Å². The van der Waals surface area contributed by atoms with Crippen LogP contribution in [0.25, 0.3) is 6.08 Å². The van der Waals surface area contributed by atoms with Crippen LogP contribution in [0.15, 0.2) is 24.3 Å². The molecule has 0 unspecified atom stereocenters. The number of carbonyl (C=O) groups excluding carboxylic acids is 2. The summed E-state index contributed by atoms with van der Waals surface area (Å²) in [5.74, 6) is 0.0891. The van der Waals surface area contributed by atoms with Crippen LogP contribution < -0.4 is 4.74 Å². The van der Waals surface area contributed by atoms with Gasteiger partial charge in [0.05, 0.1) is 14.2 Å². The van der Waals surface area contributed by atoms with E-state index in [4.69, 9.17) is 4.74 Å². The van der Waals surface area contributed by atoms with Gasteiger partial charge in [0.15, 0.2) is 0 Å². The lowest BCUT2D eigenvalue weighted by atomic mass is 10.1. The van der Waals surface area contributed by atoms with E-state index in [1.165, 1.54) is 20.3 Å². The third-order valence-electron chi connectivity index (χ3n) is 1.99. The van der Waals surface area contributed by atoms with E-state index < -0.39 is 5.97 Å². The molecule has 0 saturated heterocycles. The molecule has 4 heteroatoms. The van der Waals surface area contributed by atoms with Gasteiger partial charge < -0.3 is 9.47 Å². The first kappa shape index (κ1) is 12.0. The molecule has 0 amide bonds. The molecule has 0 radical (unpaired) electrons. The second-order valence-electron chi connectivity index (χ2n) is 2.98. The number of ether oxygens (including phenoxy) is 2. The van der Waals surface area contributed by atoms with E-state index in [9.17, 15) is 9.59 Å².